The number of rotatable bonds is 13. The first kappa shape index (κ1) is 24.2. The van der Waals surface area contributed by atoms with Gasteiger partial charge in [0.15, 0.2) is 0 Å². The van der Waals surface area contributed by atoms with Crippen molar-refractivity contribution in [3.05, 3.63) is 54.1 Å². The Balaban J connectivity index is 2.07. The number of unbranched alkanes of at least 4 members (excludes halogenated alkanes) is 5. The molecule has 0 saturated carbocycles. The standard InChI is InChI=1S/C23H31Br3OSi/c1-2-3-4-5-6-8-15-21-16-11-17-22(20-13-9-7-10-14-20)23(21)27-18-12-19-28(24,25)26/h7,9-11,13-14,16-17H,2-6,8,12,15,18-19H2,1H3. The van der Waals surface area contributed by atoms with Gasteiger partial charge >= 0.3 is 0 Å². The number of halogens is 3. The maximum absolute atomic E-state index is 6.37. The smallest absolute Gasteiger partial charge is 0.267 e. The predicted octanol–water partition coefficient (Wildman–Crippen LogP) is 9.15. The summed E-state index contributed by atoms with van der Waals surface area (Å²) in [6.07, 6.45) is 10.0. The van der Waals surface area contributed by atoms with E-state index in [4.69, 9.17) is 4.74 Å². The van der Waals surface area contributed by atoms with E-state index in [0.29, 0.717) is 0 Å². The molecule has 2 aromatic carbocycles. The SMILES string of the molecule is CCCCCCCCc1cccc(-c2ccccc2)c1OCCC[Si](Br)(Br)Br. The van der Waals surface area contributed by atoms with Crippen molar-refractivity contribution in [2.75, 3.05) is 6.61 Å². The van der Waals surface area contributed by atoms with Crippen LogP contribution in [0.4, 0.5) is 0 Å². The van der Waals surface area contributed by atoms with Gasteiger partial charge in [-0.25, -0.2) is 0 Å². The zero-order chi connectivity index (χ0) is 20.2. The maximum atomic E-state index is 6.37. The zero-order valence-electron chi connectivity index (χ0n) is 16.7. The summed E-state index contributed by atoms with van der Waals surface area (Å²) in [5.74, 6) is 1.08. The summed E-state index contributed by atoms with van der Waals surface area (Å²) in [5, 5.41) is 0. The first-order valence-corrected chi connectivity index (χ1v) is 19.4. The fourth-order valence-corrected chi connectivity index (χ4v) is 6.41. The number of benzene rings is 2. The van der Waals surface area contributed by atoms with Crippen molar-refractivity contribution in [2.45, 2.75) is 64.3 Å². The van der Waals surface area contributed by atoms with Crippen LogP contribution in [0.15, 0.2) is 48.5 Å². The third-order valence-corrected chi connectivity index (χ3v) is 9.32. The van der Waals surface area contributed by atoms with Crippen LogP contribution in [-0.2, 0) is 6.42 Å². The van der Waals surface area contributed by atoms with Crippen molar-refractivity contribution in [3.8, 4) is 16.9 Å². The Morgan fingerprint density at radius 3 is 2.21 bits per heavy atom. The highest BCUT2D eigenvalue weighted by Crippen LogP contribution is 2.36. The maximum Gasteiger partial charge on any atom is 0.267 e. The van der Waals surface area contributed by atoms with Crippen LogP contribution in [0.5, 0.6) is 5.75 Å². The average Bonchev–Trinajstić information content (AvgIpc) is 2.68. The van der Waals surface area contributed by atoms with E-state index in [0.717, 1.165) is 31.2 Å². The van der Waals surface area contributed by atoms with E-state index in [-0.39, 0.29) is 0 Å². The lowest BCUT2D eigenvalue weighted by Crippen LogP contribution is -2.09. The highest BCUT2D eigenvalue weighted by molar-refractivity contribution is 9.72. The fraction of sp³-hybridized carbons (Fsp3) is 0.478. The first-order valence-electron chi connectivity index (χ1n) is 10.4. The van der Waals surface area contributed by atoms with Crippen LogP contribution in [0, 0.1) is 0 Å². The van der Waals surface area contributed by atoms with E-state index in [1.807, 2.05) is 0 Å². The Kier molecular flexibility index (Phi) is 11.4. The van der Waals surface area contributed by atoms with Gasteiger partial charge in [-0.3, -0.25) is 0 Å². The third kappa shape index (κ3) is 9.14. The lowest BCUT2D eigenvalue weighted by Gasteiger charge is -2.17. The Hall–Kier alpha value is -0.103. The van der Waals surface area contributed by atoms with Gasteiger partial charge < -0.3 is 4.74 Å². The van der Waals surface area contributed by atoms with Crippen LogP contribution in [0.3, 0.4) is 0 Å². The van der Waals surface area contributed by atoms with E-state index in [9.17, 15) is 0 Å². The van der Waals surface area contributed by atoms with E-state index >= 15 is 0 Å². The third-order valence-electron chi connectivity index (χ3n) is 4.83. The molecule has 0 amide bonds. The quantitative estimate of drug-likeness (QED) is 0.128. The Bertz CT molecular complexity index is 686. The van der Waals surface area contributed by atoms with Gasteiger partial charge in [0, 0.05) is 5.56 Å². The summed E-state index contributed by atoms with van der Waals surface area (Å²) in [4.78, 5) is 0. The summed E-state index contributed by atoms with van der Waals surface area (Å²) in [5.41, 5.74) is 3.79. The van der Waals surface area contributed by atoms with Crippen LogP contribution in [-0.4, -0.2) is 10.5 Å². The first-order chi connectivity index (χ1) is 13.5. The molecule has 2 rings (SSSR count). The minimum Gasteiger partial charge on any atom is -0.493 e. The molecule has 0 bridgehead atoms. The number of hydrogen-bond acceptors (Lipinski definition) is 1. The molecule has 0 aliphatic rings. The molecular formula is C23H31Br3OSi. The van der Waals surface area contributed by atoms with Gasteiger partial charge in [0.1, 0.15) is 5.75 Å². The molecule has 0 heterocycles. The monoisotopic (exact) mass is 588 g/mol. The van der Waals surface area contributed by atoms with E-state index in [1.54, 1.807) is 0 Å². The molecule has 2 aromatic rings. The molecule has 0 aliphatic carbocycles. The van der Waals surface area contributed by atoms with Crippen LogP contribution in [0.1, 0.15) is 57.4 Å². The molecular weight excluding hydrogens is 560 g/mol. The van der Waals surface area contributed by atoms with Gasteiger partial charge in [-0.2, -0.15) is 0 Å². The Labute approximate surface area is 195 Å². The van der Waals surface area contributed by atoms with Crippen molar-refractivity contribution < 1.29 is 4.74 Å². The van der Waals surface area contributed by atoms with Gasteiger partial charge in [0.05, 0.1) is 6.61 Å². The van der Waals surface area contributed by atoms with Crippen molar-refractivity contribution in [2.24, 2.45) is 0 Å². The normalized spacial score (nSPS) is 11.6. The molecule has 5 heteroatoms. The lowest BCUT2D eigenvalue weighted by atomic mass is 9.98. The summed E-state index contributed by atoms with van der Waals surface area (Å²) < 4.78 is 4.81. The molecule has 0 N–H and O–H groups in total. The molecule has 0 fully saturated rings. The molecule has 154 valence electrons. The van der Waals surface area contributed by atoms with Gasteiger partial charge in [-0.15, -0.1) is 0 Å². The minimum atomic E-state index is -1.57. The second-order valence-corrected chi connectivity index (χ2v) is 30.7. The molecule has 0 unspecified atom stereocenters. The van der Waals surface area contributed by atoms with Crippen molar-refractivity contribution >= 4 is 49.8 Å². The molecule has 0 saturated heterocycles. The Morgan fingerprint density at radius 2 is 1.50 bits per heavy atom. The largest absolute Gasteiger partial charge is 0.493 e. The highest BCUT2D eigenvalue weighted by atomic mass is 80.0. The average molecular weight is 591 g/mol. The van der Waals surface area contributed by atoms with Gasteiger partial charge in [0.25, 0.3) is 3.93 Å². The zero-order valence-corrected chi connectivity index (χ0v) is 22.5. The number of para-hydroxylation sites is 1. The fourth-order valence-electron chi connectivity index (χ4n) is 3.34. The van der Waals surface area contributed by atoms with Crippen molar-refractivity contribution in [1.29, 1.82) is 0 Å². The number of aryl methyl sites for hydroxylation is 1. The van der Waals surface area contributed by atoms with Crippen LogP contribution in [0.2, 0.25) is 6.04 Å². The molecule has 0 atom stereocenters. The minimum absolute atomic E-state index is 0.741. The molecule has 28 heavy (non-hydrogen) atoms. The van der Waals surface area contributed by atoms with Gasteiger partial charge in [-0.05, 0) is 36.4 Å². The molecule has 0 radical (unpaired) electrons. The molecule has 0 aromatic heterocycles. The lowest BCUT2D eigenvalue weighted by molar-refractivity contribution is 0.315. The summed E-state index contributed by atoms with van der Waals surface area (Å²) in [7, 11) is 0. The topological polar surface area (TPSA) is 9.23 Å². The molecule has 0 spiro atoms. The van der Waals surface area contributed by atoms with Crippen LogP contribution < -0.4 is 4.74 Å². The molecule has 1 nitrogen and oxygen atoms in total. The highest BCUT2D eigenvalue weighted by Gasteiger charge is 2.21. The second kappa shape index (κ2) is 13.3. The summed E-state index contributed by atoms with van der Waals surface area (Å²) >= 11 is 11.1. The van der Waals surface area contributed by atoms with Crippen LogP contribution in [0.25, 0.3) is 11.1 Å². The number of hydrogen-bond donors (Lipinski definition) is 0. The van der Waals surface area contributed by atoms with Crippen LogP contribution >= 0.6 is 45.9 Å². The van der Waals surface area contributed by atoms with Crippen molar-refractivity contribution in [1.82, 2.24) is 0 Å². The van der Waals surface area contributed by atoms with E-state index in [1.165, 1.54) is 55.2 Å². The van der Waals surface area contributed by atoms with Crippen molar-refractivity contribution in [3.63, 3.8) is 0 Å². The Morgan fingerprint density at radius 1 is 0.786 bits per heavy atom. The summed E-state index contributed by atoms with van der Waals surface area (Å²) in [6.45, 7) is 3.01. The predicted molar refractivity (Wildman–Crippen MR) is 136 cm³/mol. The molecule has 0 aliphatic heterocycles. The van der Waals surface area contributed by atoms with Gasteiger partial charge in [0.2, 0.25) is 0 Å². The van der Waals surface area contributed by atoms with Gasteiger partial charge in [-0.1, -0.05) is 133 Å². The second-order valence-electron chi connectivity index (χ2n) is 7.24. The van der Waals surface area contributed by atoms with E-state index < -0.39 is 3.93 Å². The summed E-state index contributed by atoms with van der Waals surface area (Å²) in [6, 6.07) is 18.3. The van der Waals surface area contributed by atoms with E-state index in [2.05, 4.69) is 101 Å². The number of ether oxygens (including phenoxy) is 1.